The highest BCUT2D eigenvalue weighted by Gasteiger charge is 2.58. The Morgan fingerprint density at radius 3 is 2.05 bits per heavy atom. The number of ether oxygens (including phenoxy) is 3. The first-order valence-corrected chi connectivity index (χ1v) is 13.5. The monoisotopic (exact) mass is 612 g/mol. The SMILES string of the molecule is CC(OC(=O)OCc1ccc([N+](=O)[O-])cc1)C1C(=O)N2C(C(=O)OCc3ccc([N+](=O)[O-])cc3)=C(S/C=C\C(N)=O)CC12. The standard InChI is InChI=1S/C27H24N4O11S/c1-15(42-27(35)41-14-17-4-8-19(9-5-17)31(38)39)23-20-12-21(43-11-10-22(28)32)24(29(20)25(23)33)26(34)40-13-16-2-6-18(7-3-16)30(36)37/h2-11,15,20,23H,12-14H2,1H3,(H2,28,32)/b11-10-. The largest absolute Gasteiger partial charge is 0.508 e. The summed E-state index contributed by atoms with van der Waals surface area (Å²) in [6, 6.07) is 10.3. The Morgan fingerprint density at radius 1 is 1.00 bits per heavy atom. The molecule has 2 amide bonds. The third-order valence-electron chi connectivity index (χ3n) is 6.61. The van der Waals surface area contributed by atoms with Crippen molar-refractivity contribution in [3.63, 3.8) is 0 Å². The lowest BCUT2D eigenvalue weighted by Gasteiger charge is -2.45. The zero-order chi connectivity index (χ0) is 31.3. The second kappa shape index (κ2) is 13.2. The number of carbonyl (C=O) groups is 4. The van der Waals surface area contributed by atoms with Gasteiger partial charge in [0.1, 0.15) is 25.0 Å². The lowest BCUT2D eigenvalue weighted by molar-refractivity contribution is -0.385. The lowest BCUT2D eigenvalue weighted by atomic mass is 9.83. The highest BCUT2D eigenvalue weighted by atomic mass is 32.2. The van der Waals surface area contributed by atoms with E-state index in [1.54, 1.807) is 0 Å². The van der Waals surface area contributed by atoms with Gasteiger partial charge in [-0.05, 0) is 47.7 Å². The average Bonchev–Trinajstić information content (AvgIpc) is 3.29. The quantitative estimate of drug-likeness (QED) is 0.120. The predicted octanol–water partition coefficient (Wildman–Crippen LogP) is 3.46. The summed E-state index contributed by atoms with van der Waals surface area (Å²) in [7, 11) is 0. The smallest absolute Gasteiger partial charge is 0.456 e. The number of carbonyl (C=O) groups excluding carboxylic acids is 4. The van der Waals surface area contributed by atoms with Gasteiger partial charge in [-0.2, -0.15) is 0 Å². The number of esters is 1. The number of nitro groups is 2. The number of hydrogen-bond acceptors (Lipinski definition) is 12. The molecule has 3 unspecified atom stereocenters. The van der Waals surface area contributed by atoms with Crippen LogP contribution >= 0.6 is 11.8 Å². The Morgan fingerprint density at radius 2 is 1.53 bits per heavy atom. The molecule has 16 heteroatoms. The third-order valence-corrected chi connectivity index (χ3v) is 7.53. The normalized spacial score (nSPS) is 18.1. The molecule has 2 heterocycles. The highest BCUT2D eigenvalue weighted by molar-refractivity contribution is 8.05. The van der Waals surface area contributed by atoms with Gasteiger partial charge in [-0.15, -0.1) is 0 Å². The molecule has 4 rings (SSSR count). The Labute approximate surface area is 247 Å². The number of hydrogen-bond donors (Lipinski definition) is 1. The molecule has 1 saturated heterocycles. The predicted molar refractivity (Wildman–Crippen MR) is 148 cm³/mol. The molecule has 2 aromatic rings. The summed E-state index contributed by atoms with van der Waals surface area (Å²) in [5, 5.41) is 23.0. The molecule has 0 bridgehead atoms. The number of benzene rings is 2. The number of nitro benzene ring substituents is 2. The van der Waals surface area contributed by atoms with Crippen LogP contribution in [0.25, 0.3) is 0 Å². The van der Waals surface area contributed by atoms with E-state index in [2.05, 4.69) is 0 Å². The van der Waals surface area contributed by atoms with E-state index >= 15 is 0 Å². The van der Waals surface area contributed by atoms with E-state index in [0.29, 0.717) is 16.0 Å². The molecule has 0 radical (unpaired) electrons. The van der Waals surface area contributed by atoms with Crippen molar-refractivity contribution >= 4 is 47.1 Å². The number of non-ortho nitro benzene ring substituents is 2. The Kier molecular flexibility index (Phi) is 9.39. The minimum Gasteiger partial charge on any atom is -0.456 e. The molecule has 1 fully saturated rings. The van der Waals surface area contributed by atoms with Crippen molar-refractivity contribution < 1.29 is 43.2 Å². The van der Waals surface area contributed by atoms with Crippen LogP contribution in [0.15, 0.2) is 70.6 Å². The fourth-order valence-electron chi connectivity index (χ4n) is 4.54. The first-order valence-electron chi connectivity index (χ1n) is 12.6. The maximum absolute atomic E-state index is 13.2. The van der Waals surface area contributed by atoms with Crippen LogP contribution in [0.5, 0.6) is 0 Å². The van der Waals surface area contributed by atoms with Crippen LogP contribution in [0.2, 0.25) is 0 Å². The number of fused-ring (bicyclic) bond motifs is 1. The fourth-order valence-corrected chi connectivity index (χ4v) is 5.47. The van der Waals surface area contributed by atoms with Crippen molar-refractivity contribution in [3.8, 4) is 0 Å². The van der Waals surface area contributed by atoms with E-state index in [0.717, 1.165) is 17.8 Å². The van der Waals surface area contributed by atoms with Crippen molar-refractivity contribution in [1.82, 2.24) is 4.90 Å². The van der Waals surface area contributed by atoms with E-state index in [1.807, 2.05) is 0 Å². The lowest BCUT2D eigenvalue weighted by Crippen LogP contribution is -2.62. The van der Waals surface area contributed by atoms with Gasteiger partial charge in [0.25, 0.3) is 11.4 Å². The van der Waals surface area contributed by atoms with Crippen LogP contribution in [0.1, 0.15) is 24.5 Å². The van der Waals surface area contributed by atoms with Gasteiger partial charge >= 0.3 is 12.1 Å². The minimum atomic E-state index is -1.05. The molecule has 3 atom stereocenters. The van der Waals surface area contributed by atoms with E-state index in [1.165, 1.54) is 65.8 Å². The molecule has 0 spiro atoms. The van der Waals surface area contributed by atoms with E-state index < -0.39 is 51.8 Å². The maximum Gasteiger partial charge on any atom is 0.508 e. The summed E-state index contributed by atoms with van der Waals surface area (Å²) in [4.78, 5) is 72.0. The average molecular weight is 613 g/mol. The van der Waals surface area contributed by atoms with Gasteiger partial charge in [0.15, 0.2) is 0 Å². The fraction of sp³-hybridized carbons (Fsp3) is 0.259. The van der Waals surface area contributed by atoms with Crippen LogP contribution in [-0.4, -0.2) is 50.8 Å². The number of amides is 2. The molecule has 0 aromatic heterocycles. The van der Waals surface area contributed by atoms with Crippen molar-refractivity contribution in [3.05, 3.63) is 102 Å². The number of β-lactam (4-membered cyclic amide) rings is 1. The topological polar surface area (TPSA) is 212 Å². The zero-order valence-corrected chi connectivity index (χ0v) is 23.3. The molecular weight excluding hydrogens is 588 g/mol. The van der Waals surface area contributed by atoms with Gasteiger partial charge in [0, 0.05) is 41.7 Å². The third kappa shape index (κ3) is 7.16. The summed E-state index contributed by atoms with van der Waals surface area (Å²) < 4.78 is 15.8. The second-order valence-corrected chi connectivity index (χ2v) is 10.4. The molecule has 2 aliphatic rings. The number of rotatable bonds is 12. The van der Waals surface area contributed by atoms with Crippen LogP contribution in [0, 0.1) is 26.1 Å². The molecular formula is C27H24N4O11S. The van der Waals surface area contributed by atoms with Gasteiger partial charge < -0.3 is 24.8 Å². The van der Waals surface area contributed by atoms with Crippen molar-refractivity contribution in [1.29, 1.82) is 0 Å². The second-order valence-electron chi connectivity index (χ2n) is 9.39. The molecule has 0 aliphatic carbocycles. The van der Waals surface area contributed by atoms with Gasteiger partial charge in [0.05, 0.1) is 21.8 Å². The van der Waals surface area contributed by atoms with Gasteiger partial charge in [0.2, 0.25) is 11.8 Å². The van der Waals surface area contributed by atoms with Crippen LogP contribution < -0.4 is 5.73 Å². The molecule has 43 heavy (non-hydrogen) atoms. The van der Waals surface area contributed by atoms with E-state index in [-0.39, 0.29) is 36.7 Å². The first-order chi connectivity index (χ1) is 20.5. The molecule has 2 aromatic carbocycles. The van der Waals surface area contributed by atoms with Crippen molar-refractivity contribution in [2.45, 2.75) is 38.7 Å². The van der Waals surface area contributed by atoms with Gasteiger partial charge in [-0.1, -0.05) is 11.8 Å². The summed E-state index contributed by atoms with van der Waals surface area (Å²) in [5.41, 5.74) is 5.86. The first kappa shape index (κ1) is 30.7. The summed E-state index contributed by atoms with van der Waals surface area (Å²) in [5.74, 6) is -2.82. The van der Waals surface area contributed by atoms with Crippen LogP contribution in [0.3, 0.4) is 0 Å². The van der Waals surface area contributed by atoms with Gasteiger partial charge in [-0.25, -0.2) is 9.59 Å². The van der Waals surface area contributed by atoms with Crippen LogP contribution in [0.4, 0.5) is 16.2 Å². The van der Waals surface area contributed by atoms with Gasteiger partial charge in [-0.3, -0.25) is 29.8 Å². The highest BCUT2D eigenvalue weighted by Crippen LogP contribution is 2.48. The summed E-state index contributed by atoms with van der Waals surface area (Å²) >= 11 is 1.02. The number of thioether (sulfide) groups is 1. The van der Waals surface area contributed by atoms with E-state index in [4.69, 9.17) is 19.9 Å². The summed E-state index contributed by atoms with van der Waals surface area (Å²) in [6.45, 7) is 1.08. The number of primary amides is 1. The Balaban J connectivity index is 1.39. The number of nitrogens with two attached hydrogens (primary N) is 1. The van der Waals surface area contributed by atoms with Crippen LogP contribution in [-0.2, 0) is 41.8 Å². The molecule has 224 valence electrons. The molecule has 15 nitrogen and oxygen atoms in total. The molecule has 2 N–H and O–H groups in total. The molecule has 0 saturated carbocycles. The Hall–Kier alpha value is -5.25. The maximum atomic E-state index is 13.2. The van der Waals surface area contributed by atoms with Crippen molar-refractivity contribution in [2.75, 3.05) is 0 Å². The van der Waals surface area contributed by atoms with Crippen molar-refractivity contribution in [2.24, 2.45) is 11.7 Å². The zero-order valence-electron chi connectivity index (χ0n) is 22.4. The number of nitrogens with zero attached hydrogens (tertiary/aromatic N) is 3. The summed E-state index contributed by atoms with van der Waals surface area (Å²) in [6.07, 6.45) is -0.678. The minimum absolute atomic E-state index is 0.0276. The molecule has 2 aliphatic heterocycles. The Bertz CT molecular complexity index is 1520. The van der Waals surface area contributed by atoms with E-state index in [9.17, 15) is 39.4 Å².